The molecule has 0 aliphatic heterocycles. The fourth-order valence-electron chi connectivity index (χ4n) is 1.39. The summed E-state index contributed by atoms with van der Waals surface area (Å²) in [5.41, 5.74) is 1.17. The van der Waals surface area contributed by atoms with E-state index in [0.29, 0.717) is 19.7 Å². The van der Waals surface area contributed by atoms with Crippen molar-refractivity contribution in [3.05, 3.63) is 18.0 Å². The SMILES string of the molecule is COCCNC(=O)CNCCc1cnn(C)c1. The molecule has 1 amide bonds. The lowest BCUT2D eigenvalue weighted by molar-refractivity contribution is -0.120. The summed E-state index contributed by atoms with van der Waals surface area (Å²) in [6.45, 7) is 2.20. The molecule has 0 unspecified atom stereocenters. The molecular weight excluding hydrogens is 220 g/mol. The number of methoxy groups -OCH3 is 1. The third kappa shape index (κ3) is 6.03. The molecule has 1 aromatic rings. The van der Waals surface area contributed by atoms with E-state index >= 15 is 0 Å². The van der Waals surface area contributed by atoms with Crippen molar-refractivity contribution in [1.82, 2.24) is 20.4 Å². The molecule has 6 heteroatoms. The van der Waals surface area contributed by atoms with Gasteiger partial charge < -0.3 is 15.4 Å². The zero-order valence-corrected chi connectivity index (χ0v) is 10.4. The van der Waals surface area contributed by atoms with Crippen molar-refractivity contribution >= 4 is 5.91 Å². The molecule has 0 atom stereocenters. The number of hydrogen-bond acceptors (Lipinski definition) is 4. The van der Waals surface area contributed by atoms with E-state index in [1.165, 1.54) is 5.56 Å². The van der Waals surface area contributed by atoms with Crippen LogP contribution in [0.2, 0.25) is 0 Å². The number of ether oxygens (including phenoxy) is 1. The molecular formula is C11H20N4O2. The normalized spacial score (nSPS) is 10.5. The standard InChI is InChI=1S/C11H20N4O2/c1-15-9-10(7-14-15)3-4-12-8-11(16)13-5-6-17-2/h7,9,12H,3-6,8H2,1-2H3,(H,13,16). The van der Waals surface area contributed by atoms with Gasteiger partial charge in [-0.15, -0.1) is 0 Å². The quantitative estimate of drug-likeness (QED) is 0.591. The van der Waals surface area contributed by atoms with E-state index in [1.807, 2.05) is 19.4 Å². The van der Waals surface area contributed by atoms with Gasteiger partial charge in [-0.25, -0.2) is 0 Å². The van der Waals surface area contributed by atoms with Crippen LogP contribution >= 0.6 is 0 Å². The van der Waals surface area contributed by atoms with Crippen LogP contribution < -0.4 is 10.6 Å². The molecule has 96 valence electrons. The van der Waals surface area contributed by atoms with E-state index in [4.69, 9.17) is 4.74 Å². The molecule has 1 rings (SSSR count). The fraction of sp³-hybridized carbons (Fsp3) is 0.636. The Morgan fingerprint density at radius 1 is 1.53 bits per heavy atom. The van der Waals surface area contributed by atoms with Gasteiger partial charge in [0.15, 0.2) is 0 Å². The summed E-state index contributed by atoms with van der Waals surface area (Å²) in [6.07, 6.45) is 4.68. The topological polar surface area (TPSA) is 68.2 Å². The molecule has 0 saturated carbocycles. The van der Waals surface area contributed by atoms with E-state index in [0.717, 1.165) is 13.0 Å². The van der Waals surface area contributed by atoms with Gasteiger partial charge in [-0.05, 0) is 18.5 Å². The van der Waals surface area contributed by atoms with Crippen molar-refractivity contribution in [1.29, 1.82) is 0 Å². The number of carbonyl (C=O) groups excluding carboxylic acids is 1. The number of rotatable bonds is 8. The third-order valence-electron chi connectivity index (χ3n) is 2.26. The zero-order chi connectivity index (χ0) is 12.5. The highest BCUT2D eigenvalue weighted by molar-refractivity contribution is 5.77. The van der Waals surface area contributed by atoms with Gasteiger partial charge in [0.05, 0.1) is 19.3 Å². The molecule has 1 heterocycles. The Bertz CT molecular complexity index is 338. The van der Waals surface area contributed by atoms with Crippen LogP contribution in [-0.2, 0) is 23.0 Å². The number of hydrogen-bond donors (Lipinski definition) is 2. The molecule has 0 aromatic carbocycles. The zero-order valence-electron chi connectivity index (χ0n) is 10.4. The minimum Gasteiger partial charge on any atom is -0.383 e. The lowest BCUT2D eigenvalue weighted by Gasteiger charge is -2.05. The molecule has 1 aromatic heterocycles. The molecule has 0 radical (unpaired) electrons. The Hall–Kier alpha value is -1.40. The van der Waals surface area contributed by atoms with Gasteiger partial charge >= 0.3 is 0 Å². The maximum absolute atomic E-state index is 11.3. The summed E-state index contributed by atoms with van der Waals surface area (Å²) >= 11 is 0. The number of nitrogens with zero attached hydrogens (tertiary/aromatic N) is 2. The van der Waals surface area contributed by atoms with Crippen LogP contribution in [0.4, 0.5) is 0 Å². The molecule has 0 saturated heterocycles. The first-order valence-electron chi connectivity index (χ1n) is 5.66. The maximum Gasteiger partial charge on any atom is 0.234 e. The number of amides is 1. The van der Waals surface area contributed by atoms with Crippen LogP contribution in [0, 0.1) is 0 Å². The van der Waals surface area contributed by atoms with E-state index < -0.39 is 0 Å². The molecule has 0 aliphatic rings. The third-order valence-corrected chi connectivity index (χ3v) is 2.26. The molecule has 0 spiro atoms. The first kappa shape index (κ1) is 13.7. The molecule has 0 bridgehead atoms. The predicted molar refractivity (Wildman–Crippen MR) is 64.7 cm³/mol. The van der Waals surface area contributed by atoms with Crippen LogP contribution in [0.15, 0.2) is 12.4 Å². The number of aromatic nitrogens is 2. The maximum atomic E-state index is 11.3. The average molecular weight is 240 g/mol. The summed E-state index contributed by atoms with van der Waals surface area (Å²) < 4.78 is 6.60. The minimum absolute atomic E-state index is 0.00626. The molecule has 2 N–H and O–H groups in total. The van der Waals surface area contributed by atoms with Crippen LogP contribution in [0.25, 0.3) is 0 Å². The van der Waals surface area contributed by atoms with Crippen LogP contribution in [-0.4, -0.2) is 49.0 Å². The van der Waals surface area contributed by atoms with Gasteiger partial charge in [-0.2, -0.15) is 5.10 Å². The summed E-state index contributed by atoms with van der Waals surface area (Å²) in [5.74, 6) is -0.00626. The predicted octanol–water partition coefficient (Wildman–Crippen LogP) is -0.685. The molecule has 17 heavy (non-hydrogen) atoms. The smallest absolute Gasteiger partial charge is 0.234 e. The van der Waals surface area contributed by atoms with Crippen molar-refractivity contribution in [3.8, 4) is 0 Å². The summed E-state index contributed by atoms with van der Waals surface area (Å²) in [5, 5.41) is 9.90. The monoisotopic (exact) mass is 240 g/mol. The second-order valence-electron chi connectivity index (χ2n) is 3.79. The lowest BCUT2D eigenvalue weighted by Crippen LogP contribution is -2.36. The van der Waals surface area contributed by atoms with E-state index in [1.54, 1.807) is 11.8 Å². The Labute approximate surface area is 101 Å². The number of carbonyl (C=O) groups is 1. The molecule has 0 fully saturated rings. The number of aryl methyl sites for hydroxylation is 1. The van der Waals surface area contributed by atoms with Gasteiger partial charge in [-0.1, -0.05) is 0 Å². The van der Waals surface area contributed by atoms with Crippen molar-refractivity contribution < 1.29 is 9.53 Å². The van der Waals surface area contributed by atoms with Crippen LogP contribution in [0.5, 0.6) is 0 Å². The molecule has 0 aliphatic carbocycles. The Balaban J connectivity index is 2.02. The van der Waals surface area contributed by atoms with Crippen molar-refractivity contribution in [2.45, 2.75) is 6.42 Å². The van der Waals surface area contributed by atoms with Crippen LogP contribution in [0.1, 0.15) is 5.56 Å². The van der Waals surface area contributed by atoms with Crippen molar-refractivity contribution in [3.63, 3.8) is 0 Å². The summed E-state index contributed by atoms with van der Waals surface area (Å²) in [4.78, 5) is 11.3. The van der Waals surface area contributed by atoms with Gasteiger partial charge in [0.25, 0.3) is 0 Å². The average Bonchev–Trinajstić information content (AvgIpc) is 2.71. The number of nitrogens with one attached hydrogen (secondary N) is 2. The van der Waals surface area contributed by atoms with E-state index in [9.17, 15) is 4.79 Å². The highest BCUT2D eigenvalue weighted by Crippen LogP contribution is 1.95. The first-order valence-corrected chi connectivity index (χ1v) is 5.66. The van der Waals surface area contributed by atoms with Gasteiger partial charge in [0.1, 0.15) is 0 Å². The largest absolute Gasteiger partial charge is 0.383 e. The Morgan fingerprint density at radius 2 is 2.35 bits per heavy atom. The van der Waals surface area contributed by atoms with Gasteiger partial charge in [-0.3, -0.25) is 9.48 Å². The van der Waals surface area contributed by atoms with Gasteiger partial charge in [0.2, 0.25) is 5.91 Å². The highest BCUT2D eigenvalue weighted by atomic mass is 16.5. The van der Waals surface area contributed by atoms with Crippen LogP contribution in [0.3, 0.4) is 0 Å². The second-order valence-corrected chi connectivity index (χ2v) is 3.79. The highest BCUT2D eigenvalue weighted by Gasteiger charge is 2.00. The van der Waals surface area contributed by atoms with Crippen molar-refractivity contribution in [2.75, 3.05) is 33.4 Å². The second kappa shape index (κ2) is 7.81. The fourth-order valence-corrected chi connectivity index (χ4v) is 1.39. The minimum atomic E-state index is -0.00626. The summed E-state index contributed by atoms with van der Waals surface area (Å²) in [6, 6.07) is 0. The van der Waals surface area contributed by atoms with E-state index in [2.05, 4.69) is 15.7 Å². The van der Waals surface area contributed by atoms with Crippen molar-refractivity contribution in [2.24, 2.45) is 7.05 Å². The van der Waals surface area contributed by atoms with E-state index in [-0.39, 0.29) is 5.91 Å². The Morgan fingerprint density at radius 3 is 3.00 bits per heavy atom. The Kier molecular flexibility index (Phi) is 6.27. The summed E-state index contributed by atoms with van der Waals surface area (Å²) in [7, 11) is 3.50. The lowest BCUT2D eigenvalue weighted by atomic mass is 10.2. The molecule has 6 nitrogen and oxygen atoms in total. The van der Waals surface area contributed by atoms with Gasteiger partial charge in [0, 0.05) is 26.9 Å². The first-order chi connectivity index (χ1) is 8.22.